The Kier molecular flexibility index (Phi) is 4.07. The van der Waals surface area contributed by atoms with Crippen molar-refractivity contribution in [1.29, 1.82) is 0 Å². The predicted molar refractivity (Wildman–Crippen MR) is 72.3 cm³/mol. The summed E-state index contributed by atoms with van der Waals surface area (Å²) in [4.78, 5) is 11.4. The van der Waals surface area contributed by atoms with E-state index in [0.29, 0.717) is 5.92 Å². The van der Waals surface area contributed by atoms with Gasteiger partial charge in [0.25, 0.3) is 0 Å². The van der Waals surface area contributed by atoms with Crippen LogP contribution in [0.2, 0.25) is 0 Å². The maximum atomic E-state index is 11.4. The predicted octanol–water partition coefficient (Wildman–Crippen LogP) is 1.26. The van der Waals surface area contributed by atoms with Crippen LogP contribution in [0.5, 0.6) is 0 Å². The van der Waals surface area contributed by atoms with Crippen LogP contribution in [0.15, 0.2) is 6.07 Å². The van der Waals surface area contributed by atoms with Gasteiger partial charge >= 0.3 is 0 Å². The molecule has 1 aliphatic carbocycles. The molecule has 100 valence electrons. The zero-order valence-electron chi connectivity index (χ0n) is 11.5. The van der Waals surface area contributed by atoms with Crippen molar-refractivity contribution in [1.82, 2.24) is 15.2 Å². The van der Waals surface area contributed by atoms with Gasteiger partial charge in [-0.05, 0) is 38.3 Å². The molecule has 0 bridgehead atoms. The van der Waals surface area contributed by atoms with Gasteiger partial charge in [0.2, 0.25) is 5.91 Å². The first kappa shape index (κ1) is 13.1. The van der Waals surface area contributed by atoms with Crippen molar-refractivity contribution in [3.05, 3.63) is 23.0 Å². The Morgan fingerprint density at radius 1 is 1.39 bits per heavy atom. The Bertz CT molecular complexity index is 432. The van der Waals surface area contributed by atoms with Crippen LogP contribution in [-0.2, 0) is 18.4 Å². The second-order valence-electron chi connectivity index (χ2n) is 5.20. The summed E-state index contributed by atoms with van der Waals surface area (Å²) in [5.41, 5.74) is 3.93. The van der Waals surface area contributed by atoms with Gasteiger partial charge in [-0.2, -0.15) is 0 Å². The first-order chi connectivity index (χ1) is 8.59. The Labute approximate surface area is 109 Å². The third-order valence-electron chi connectivity index (χ3n) is 3.74. The molecule has 0 spiro atoms. The number of rotatable bonds is 6. The zero-order chi connectivity index (χ0) is 13.1. The molecule has 2 N–H and O–H groups in total. The fourth-order valence-electron chi connectivity index (χ4n) is 2.10. The van der Waals surface area contributed by atoms with E-state index in [4.69, 9.17) is 0 Å². The number of aryl methyl sites for hydroxylation is 1. The molecule has 1 amide bonds. The van der Waals surface area contributed by atoms with Gasteiger partial charge in [0.05, 0.1) is 0 Å². The number of aromatic nitrogens is 1. The normalized spacial score (nSPS) is 14.8. The zero-order valence-corrected chi connectivity index (χ0v) is 11.5. The Hall–Kier alpha value is -1.29. The lowest BCUT2D eigenvalue weighted by Gasteiger charge is -2.06. The topological polar surface area (TPSA) is 46.1 Å². The molecule has 0 aromatic carbocycles. The monoisotopic (exact) mass is 249 g/mol. The molecule has 1 aromatic rings. The lowest BCUT2D eigenvalue weighted by atomic mass is 10.2. The molecule has 4 nitrogen and oxygen atoms in total. The molecule has 1 fully saturated rings. The van der Waals surface area contributed by atoms with Gasteiger partial charge in [0, 0.05) is 44.0 Å². The van der Waals surface area contributed by atoms with Crippen molar-refractivity contribution in [3.8, 4) is 0 Å². The van der Waals surface area contributed by atoms with Crippen LogP contribution in [-0.4, -0.2) is 23.6 Å². The standard InChI is InChI=1S/C14H23N3O/c1-10-8-13(11(2)17(10)3)9-15-6-7-16-14(18)12-4-5-12/h8,12,15H,4-7,9H2,1-3H3,(H,16,18). The van der Waals surface area contributed by atoms with E-state index in [0.717, 1.165) is 32.5 Å². The van der Waals surface area contributed by atoms with Crippen molar-refractivity contribution in [3.63, 3.8) is 0 Å². The summed E-state index contributed by atoms with van der Waals surface area (Å²) < 4.78 is 2.20. The molecule has 0 atom stereocenters. The van der Waals surface area contributed by atoms with Crippen molar-refractivity contribution >= 4 is 5.91 Å². The third-order valence-corrected chi connectivity index (χ3v) is 3.74. The van der Waals surface area contributed by atoms with Crippen LogP contribution in [0, 0.1) is 19.8 Å². The fraction of sp³-hybridized carbons (Fsp3) is 0.643. The Morgan fingerprint density at radius 2 is 2.11 bits per heavy atom. The third kappa shape index (κ3) is 3.13. The number of carbonyl (C=O) groups excluding carboxylic acids is 1. The highest BCUT2D eigenvalue weighted by atomic mass is 16.2. The van der Waals surface area contributed by atoms with Crippen LogP contribution in [0.3, 0.4) is 0 Å². The molecule has 18 heavy (non-hydrogen) atoms. The van der Waals surface area contributed by atoms with Gasteiger partial charge in [-0.25, -0.2) is 0 Å². The van der Waals surface area contributed by atoms with E-state index in [1.54, 1.807) is 0 Å². The lowest BCUT2D eigenvalue weighted by molar-refractivity contribution is -0.122. The van der Waals surface area contributed by atoms with Crippen molar-refractivity contribution in [2.24, 2.45) is 13.0 Å². The largest absolute Gasteiger partial charge is 0.355 e. The SMILES string of the molecule is Cc1cc(CNCCNC(=O)C2CC2)c(C)n1C. The molecular formula is C14H23N3O. The second kappa shape index (κ2) is 5.57. The number of hydrogen-bond acceptors (Lipinski definition) is 2. The van der Waals surface area contributed by atoms with E-state index >= 15 is 0 Å². The highest BCUT2D eigenvalue weighted by molar-refractivity contribution is 5.80. The molecule has 0 saturated heterocycles. The smallest absolute Gasteiger partial charge is 0.223 e. The quantitative estimate of drug-likeness (QED) is 0.746. The minimum atomic E-state index is 0.225. The fourth-order valence-corrected chi connectivity index (χ4v) is 2.10. The van der Waals surface area contributed by atoms with Crippen LogP contribution in [0.25, 0.3) is 0 Å². The van der Waals surface area contributed by atoms with E-state index in [2.05, 4.69) is 42.2 Å². The van der Waals surface area contributed by atoms with Gasteiger partial charge in [0.1, 0.15) is 0 Å². The summed E-state index contributed by atoms with van der Waals surface area (Å²) in [6, 6.07) is 2.21. The minimum absolute atomic E-state index is 0.225. The molecule has 1 aromatic heterocycles. The van der Waals surface area contributed by atoms with E-state index in [9.17, 15) is 4.79 Å². The lowest BCUT2D eigenvalue weighted by Crippen LogP contribution is -2.32. The molecule has 1 aliphatic rings. The molecule has 0 radical (unpaired) electrons. The average molecular weight is 249 g/mol. The summed E-state index contributed by atoms with van der Waals surface area (Å²) >= 11 is 0. The molecule has 1 heterocycles. The molecule has 4 heteroatoms. The summed E-state index contributed by atoms with van der Waals surface area (Å²) in [6.45, 7) is 6.67. The first-order valence-corrected chi connectivity index (χ1v) is 6.70. The Morgan fingerprint density at radius 3 is 2.67 bits per heavy atom. The molecular weight excluding hydrogens is 226 g/mol. The minimum Gasteiger partial charge on any atom is -0.355 e. The van der Waals surface area contributed by atoms with Crippen molar-refractivity contribution in [2.75, 3.05) is 13.1 Å². The van der Waals surface area contributed by atoms with Gasteiger partial charge in [-0.15, -0.1) is 0 Å². The van der Waals surface area contributed by atoms with Crippen LogP contribution >= 0.6 is 0 Å². The van der Waals surface area contributed by atoms with Crippen LogP contribution in [0.4, 0.5) is 0 Å². The number of carbonyl (C=O) groups is 1. The van der Waals surface area contributed by atoms with Crippen molar-refractivity contribution in [2.45, 2.75) is 33.2 Å². The summed E-state index contributed by atoms with van der Waals surface area (Å²) in [5, 5.41) is 6.33. The maximum Gasteiger partial charge on any atom is 0.223 e. The van der Waals surface area contributed by atoms with E-state index in [1.165, 1.54) is 17.0 Å². The molecule has 0 unspecified atom stereocenters. The highest BCUT2D eigenvalue weighted by Gasteiger charge is 2.28. The second-order valence-corrected chi connectivity index (χ2v) is 5.20. The number of nitrogens with zero attached hydrogens (tertiary/aromatic N) is 1. The Balaban J connectivity index is 1.65. The highest BCUT2D eigenvalue weighted by Crippen LogP contribution is 2.28. The van der Waals surface area contributed by atoms with Crippen LogP contribution in [0.1, 0.15) is 29.8 Å². The van der Waals surface area contributed by atoms with E-state index in [1.807, 2.05) is 0 Å². The molecule has 2 rings (SSSR count). The van der Waals surface area contributed by atoms with E-state index in [-0.39, 0.29) is 5.91 Å². The summed E-state index contributed by atoms with van der Waals surface area (Å²) in [5.74, 6) is 0.535. The number of hydrogen-bond donors (Lipinski definition) is 2. The summed E-state index contributed by atoms with van der Waals surface area (Å²) in [7, 11) is 2.09. The molecule has 0 aliphatic heterocycles. The summed E-state index contributed by atoms with van der Waals surface area (Å²) in [6.07, 6.45) is 2.14. The number of nitrogens with one attached hydrogen (secondary N) is 2. The van der Waals surface area contributed by atoms with Gasteiger partial charge in [-0.1, -0.05) is 0 Å². The average Bonchev–Trinajstić information content (AvgIpc) is 3.15. The molecule has 1 saturated carbocycles. The van der Waals surface area contributed by atoms with Crippen LogP contribution < -0.4 is 10.6 Å². The van der Waals surface area contributed by atoms with Crippen molar-refractivity contribution < 1.29 is 4.79 Å². The maximum absolute atomic E-state index is 11.4. The van der Waals surface area contributed by atoms with E-state index < -0.39 is 0 Å². The van der Waals surface area contributed by atoms with Gasteiger partial charge in [-0.3, -0.25) is 4.79 Å². The van der Waals surface area contributed by atoms with Gasteiger partial charge < -0.3 is 15.2 Å². The van der Waals surface area contributed by atoms with Gasteiger partial charge in [0.15, 0.2) is 0 Å². The first-order valence-electron chi connectivity index (χ1n) is 6.70. The number of amides is 1.